The Kier molecular flexibility index (Phi) is 2.49. The third-order valence-electron chi connectivity index (χ3n) is 3.53. The lowest BCUT2D eigenvalue weighted by molar-refractivity contribution is -0.126. The molecule has 2 saturated heterocycles. The molecule has 1 atom stereocenters. The number of carbonyl (C=O) groups excluding carboxylic acids is 1. The van der Waals surface area contributed by atoms with Crippen LogP contribution in [0.4, 0.5) is 0 Å². The molecular formula is C10H19N3O. The Morgan fingerprint density at radius 3 is 2.79 bits per heavy atom. The summed E-state index contributed by atoms with van der Waals surface area (Å²) in [5.74, 6) is 0.636. The van der Waals surface area contributed by atoms with Crippen molar-refractivity contribution in [2.45, 2.75) is 13.3 Å². The molecule has 0 saturated carbocycles. The van der Waals surface area contributed by atoms with Crippen molar-refractivity contribution in [3.63, 3.8) is 0 Å². The minimum absolute atomic E-state index is 0.147. The molecule has 2 aliphatic heterocycles. The van der Waals surface area contributed by atoms with Crippen LogP contribution >= 0.6 is 0 Å². The van der Waals surface area contributed by atoms with Crippen molar-refractivity contribution in [2.24, 2.45) is 17.1 Å². The number of rotatable bonds is 3. The topological polar surface area (TPSA) is 58.4 Å². The molecule has 0 aromatic rings. The highest BCUT2D eigenvalue weighted by Gasteiger charge is 2.39. The summed E-state index contributed by atoms with van der Waals surface area (Å²) in [5.41, 5.74) is 5.11. The van der Waals surface area contributed by atoms with Crippen LogP contribution in [-0.4, -0.2) is 43.5 Å². The third-order valence-corrected chi connectivity index (χ3v) is 3.53. The Bertz CT molecular complexity index is 240. The van der Waals surface area contributed by atoms with Gasteiger partial charge in [0.15, 0.2) is 0 Å². The van der Waals surface area contributed by atoms with Gasteiger partial charge in [-0.05, 0) is 25.8 Å². The zero-order valence-electron chi connectivity index (χ0n) is 8.75. The normalized spacial score (nSPS) is 34.4. The average Bonchev–Trinajstić information content (AvgIpc) is 2.42. The van der Waals surface area contributed by atoms with Gasteiger partial charge in [0.2, 0.25) is 5.91 Å². The van der Waals surface area contributed by atoms with E-state index >= 15 is 0 Å². The maximum atomic E-state index is 11.2. The highest BCUT2D eigenvalue weighted by Crippen LogP contribution is 2.29. The highest BCUT2D eigenvalue weighted by atomic mass is 16.1. The van der Waals surface area contributed by atoms with E-state index in [2.05, 4.69) is 10.2 Å². The minimum atomic E-state index is -0.281. The van der Waals surface area contributed by atoms with Gasteiger partial charge in [-0.25, -0.2) is 0 Å². The lowest BCUT2D eigenvalue weighted by atomic mass is 9.89. The fraction of sp³-hybridized carbons (Fsp3) is 0.900. The van der Waals surface area contributed by atoms with Gasteiger partial charge in [0, 0.05) is 26.2 Å². The number of likely N-dealkylation sites (tertiary alicyclic amines) is 1. The summed E-state index contributed by atoms with van der Waals surface area (Å²) < 4.78 is 0. The number of nitrogens with one attached hydrogen (secondary N) is 1. The molecule has 14 heavy (non-hydrogen) atoms. The summed E-state index contributed by atoms with van der Waals surface area (Å²) in [6, 6.07) is 0. The van der Waals surface area contributed by atoms with Gasteiger partial charge in [0.1, 0.15) is 0 Å². The molecule has 0 radical (unpaired) electrons. The summed E-state index contributed by atoms with van der Waals surface area (Å²) in [7, 11) is 0. The third kappa shape index (κ3) is 1.77. The van der Waals surface area contributed by atoms with E-state index in [0.717, 1.165) is 45.1 Å². The van der Waals surface area contributed by atoms with Crippen LogP contribution in [0.25, 0.3) is 0 Å². The smallest absolute Gasteiger partial charge is 0.224 e. The first-order chi connectivity index (χ1) is 6.60. The molecule has 2 aliphatic rings. The van der Waals surface area contributed by atoms with E-state index in [0.29, 0.717) is 0 Å². The predicted molar refractivity (Wildman–Crippen MR) is 54.7 cm³/mol. The van der Waals surface area contributed by atoms with Gasteiger partial charge in [0.25, 0.3) is 0 Å². The summed E-state index contributed by atoms with van der Waals surface area (Å²) in [6.07, 6.45) is 0.919. The van der Waals surface area contributed by atoms with Crippen LogP contribution in [0.15, 0.2) is 0 Å². The van der Waals surface area contributed by atoms with Gasteiger partial charge in [-0.2, -0.15) is 0 Å². The molecule has 80 valence electrons. The van der Waals surface area contributed by atoms with Gasteiger partial charge >= 0.3 is 0 Å². The van der Waals surface area contributed by atoms with Crippen molar-refractivity contribution < 1.29 is 4.79 Å². The molecule has 3 N–H and O–H groups in total. The molecule has 4 nitrogen and oxygen atoms in total. The second kappa shape index (κ2) is 3.51. The Morgan fingerprint density at radius 1 is 1.64 bits per heavy atom. The van der Waals surface area contributed by atoms with Crippen molar-refractivity contribution in [3.05, 3.63) is 0 Å². The lowest BCUT2D eigenvalue weighted by Crippen LogP contribution is -2.48. The molecule has 0 bridgehead atoms. The van der Waals surface area contributed by atoms with E-state index in [1.165, 1.54) is 0 Å². The molecule has 2 fully saturated rings. The van der Waals surface area contributed by atoms with Gasteiger partial charge in [-0.1, -0.05) is 0 Å². The number of primary amides is 1. The summed E-state index contributed by atoms with van der Waals surface area (Å²) in [6.45, 7) is 7.23. The van der Waals surface area contributed by atoms with Crippen LogP contribution in [0.5, 0.6) is 0 Å². The molecular weight excluding hydrogens is 178 g/mol. The molecule has 0 aromatic heterocycles. The largest absolute Gasteiger partial charge is 0.369 e. The van der Waals surface area contributed by atoms with Crippen LogP contribution in [-0.2, 0) is 4.79 Å². The van der Waals surface area contributed by atoms with Crippen LogP contribution < -0.4 is 11.1 Å². The first-order valence-corrected chi connectivity index (χ1v) is 5.33. The van der Waals surface area contributed by atoms with Crippen LogP contribution in [0, 0.1) is 11.3 Å². The fourth-order valence-electron chi connectivity index (χ4n) is 2.26. The Hall–Kier alpha value is -0.610. The minimum Gasteiger partial charge on any atom is -0.369 e. The summed E-state index contributed by atoms with van der Waals surface area (Å²) in [5, 5.41) is 3.26. The molecule has 1 unspecified atom stereocenters. The Balaban J connectivity index is 1.84. The van der Waals surface area contributed by atoms with E-state index in [-0.39, 0.29) is 11.3 Å². The van der Waals surface area contributed by atoms with Gasteiger partial charge in [-0.15, -0.1) is 0 Å². The van der Waals surface area contributed by atoms with E-state index < -0.39 is 0 Å². The van der Waals surface area contributed by atoms with Crippen molar-refractivity contribution in [1.82, 2.24) is 10.2 Å². The molecule has 2 heterocycles. The van der Waals surface area contributed by atoms with Crippen molar-refractivity contribution in [3.8, 4) is 0 Å². The van der Waals surface area contributed by atoms with Crippen molar-refractivity contribution in [1.29, 1.82) is 0 Å². The first kappa shape index (κ1) is 9.93. The second-order valence-electron chi connectivity index (χ2n) is 4.93. The summed E-state index contributed by atoms with van der Waals surface area (Å²) >= 11 is 0. The van der Waals surface area contributed by atoms with Crippen molar-refractivity contribution >= 4 is 5.91 Å². The van der Waals surface area contributed by atoms with Crippen LogP contribution in [0.2, 0.25) is 0 Å². The number of nitrogens with two attached hydrogens (primary N) is 1. The number of hydrogen-bond donors (Lipinski definition) is 2. The molecule has 4 heteroatoms. The van der Waals surface area contributed by atoms with Gasteiger partial charge < -0.3 is 16.0 Å². The second-order valence-corrected chi connectivity index (χ2v) is 4.93. The SMILES string of the molecule is CC1(C(N)=O)CCN(CC2CNC2)C1. The zero-order chi connectivity index (χ0) is 10.2. The molecule has 0 aliphatic carbocycles. The van der Waals surface area contributed by atoms with Crippen molar-refractivity contribution in [2.75, 3.05) is 32.7 Å². The van der Waals surface area contributed by atoms with E-state index in [1.807, 2.05) is 6.92 Å². The van der Waals surface area contributed by atoms with E-state index in [1.54, 1.807) is 0 Å². The molecule has 0 aromatic carbocycles. The van der Waals surface area contributed by atoms with Gasteiger partial charge in [-0.3, -0.25) is 4.79 Å². The average molecular weight is 197 g/mol. The molecule has 2 rings (SSSR count). The first-order valence-electron chi connectivity index (χ1n) is 5.33. The predicted octanol–water partition coefficient (Wildman–Crippen LogP) is -0.597. The lowest BCUT2D eigenvalue weighted by Gasteiger charge is -2.31. The standard InChI is InChI=1S/C10H19N3O/c1-10(9(11)14)2-3-13(7-10)6-8-4-12-5-8/h8,12H,2-7H2,1H3,(H2,11,14). The zero-order valence-corrected chi connectivity index (χ0v) is 8.75. The van der Waals surface area contributed by atoms with Crippen LogP contribution in [0.1, 0.15) is 13.3 Å². The maximum absolute atomic E-state index is 11.2. The number of carbonyl (C=O) groups is 1. The number of amides is 1. The quantitative estimate of drug-likeness (QED) is 0.635. The van der Waals surface area contributed by atoms with E-state index in [9.17, 15) is 4.79 Å². The Morgan fingerprint density at radius 2 is 2.36 bits per heavy atom. The van der Waals surface area contributed by atoms with E-state index in [4.69, 9.17) is 5.73 Å². The van der Waals surface area contributed by atoms with Crippen LogP contribution in [0.3, 0.4) is 0 Å². The Labute approximate surface area is 84.8 Å². The fourth-order valence-corrected chi connectivity index (χ4v) is 2.26. The number of nitrogens with zero attached hydrogens (tertiary/aromatic N) is 1. The van der Waals surface area contributed by atoms with Gasteiger partial charge in [0.05, 0.1) is 5.41 Å². The number of hydrogen-bond acceptors (Lipinski definition) is 3. The molecule has 1 amide bonds. The molecule has 0 spiro atoms. The maximum Gasteiger partial charge on any atom is 0.224 e. The summed E-state index contributed by atoms with van der Waals surface area (Å²) in [4.78, 5) is 13.6. The highest BCUT2D eigenvalue weighted by molar-refractivity contribution is 5.81. The monoisotopic (exact) mass is 197 g/mol.